The lowest BCUT2D eigenvalue weighted by Gasteiger charge is -2.50. The van der Waals surface area contributed by atoms with Gasteiger partial charge in [0.25, 0.3) is 0 Å². The average molecular weight is 198 g/mol. The van der Waals surface area contributed by atoms with Crippen molar-refractivity contribution in [3.8, 4) is 0 Å². The van der Waals surface area contributed by atoms with Gasteiger partial charge >= 0.3 is 0 Å². The van der Waals surface area contributed by atoms with Crippen molar-refractivity contribution in [1.29, 1.82) is 0 Å². The number of hydrogen-bond donors (Lipinski definition) is 1. The van der Waals surface area contributed by atoms with Crippen LogP contribution in [0.4, 0.5) is 0 Å². The zero-order chi connectivity index (χ0) is 10.2. The van der Waals surface area contributed by atoms with Gasteiger partial charge in [-0.25, -0.2) is 0 Å². The van der Waals surface area contributed by atoms with E-state index in [2.05, 4.69) is 6.92 Å². The molecule has 1 heterocycles. The second-order valence-corrected chi connectivity index (χ2v) is 5.29. The third kappa shape index (κ3) is 1.70. The van der Waals surface area contributed by atoms with Gasteiger partial charge in [0.05, 0.1) is 11.2 Å². The van der Waals surface area contributed by atoms with Crippen LogP contribution in [0.1, 0.15) is 52.4 Å². The van der Waals surface area contributed by atoms with Crippen molar-refractivity contribution >= 4 is 0 Å². The van der Waals surface area contributed by atoms with Gasteiger partial charge in [-0.05, 0) is 51.4 Å². The van der Waals surface area contributed by atoms with E-state index in [4.69, 9.17) is 4.74 Å². The third-order valence-corrected chi connectivity index (χ3v) is 4.35. The summed E-state index contributed by atoms with van der Waals surface area (Å²) in [7, 11) is 0. The monoisotopic (exact) mass is 198 g/mol. The first-order chi connectivity index (χ1) is 6.58. The van der Waals surface area contributed by atoms with Crippen LogP contribution in [-0.2, 0) is 4.74 Å². The molecule has 14 heavy (non-hydrogen) atoms. The minimum absolute atomic E-state index is 0.169. The highest BCUT2D eigenvalue weighted by atomic mass is 16.5. The second-order valence-electron chi connectivity index (χ2n) is 5.29. The molecule has 2 atom stereocenters. The Hall–Kier alpha value is -0.0800. The van der Waals surface area contributed by atoms with Crippen LogP contribution >= 0.6 is 0 Å². The normalized spacial score (nSPS) is 34.9. The van der Waals surface area contributed by atoms with E-state index < -0.39 is 5.60 Å². The molecule has 82 valence electrons. The molecule has 1 N–H and O–H groups in total. The molecular formula is C12H22O2. The van der Waals surface area contributed by atoms with Gasteiger partial charge in [0.15, 0.2) is 0 Å². The van der Waals surface area contributed by atoms with Crippen LogP contribution in [0.15, 0.2) is 0 Å². The molecule has 0 amide bonds. The van der Waals surface area contributed by atoms with Crippen LogP contribution in [0, 0.1) is 5.92 Å². The number of aliphatic hydroxyl groups is 1. The number of hydrogen-bond acceptors (Lipinski definition) is 2. The highest BCUT2D eigenvalue weighted by Gasteiger charge is 2.46. The third-order valence-electron chi connectivity index (χ3n) is 4.35. The highest BCUT2D eigenvalue weighted by Crippen LogP contribution is 2.47. The molecule has 0 aromatic heterocycles. The average Bonchev–Trinajstić information content (AvgIpc) is 2.16. The summed E-state index contributed by atoms with van der Waals surface area (Å²) in [6.45, 7) is 4.90. The summed E-state index contributed by atoms with van der Waals surface area (Å²) in [5.41, 5.74) is -0.311. The molecule has 2 heteroatoms. The Morgan fingerprint density at radius 2 is 2.21 bits per heavy atom. The van der Waals surface area contributed by atoms with Gasteiger partial charge in [0.1, 0.15) is 0 Å². The molecule has 2 fully saturated rings. The van der Waals surface area contributed by atoms with Gasteiger partial charge in [0, 0.05) is 6.61 Å². The maximum atomic E-state index is 10.2. The van der Waals surface area contributed by atoms with Crippen LogP contribution in [0.3, 0.4) is 0 Å². The Balaban J connectivity index is 2.00. The molecule has 0 bridgehead atoms. The summed E-state index contributed by atoms with van der Waals surface area (Å²) < 4.78 is 5.86. The van der Waals surface area contributed by atoms with Crippen molar-refractivity contribution in [2.45, 2.75) is 63.6 Å². The summed E-state index contributed by atoms with van der Waals surface area (Å²) in [6, 6.07) is 0. The summed E-state index contributed by atoms with van der Waals surface area (Å²) in [5, 5.41) is 10.2. The largest absolute Gasteiger partial charge is 0.390 e. The van der Waals surface area contributed by atoms with E-state index in [1.54, 1.807) is 0 Å². The van der Waals surface area contributed by atoms with Crippen molar-refractivity contribution in [3.63, 3.8) is 0 Å². The zero-order valence-corrected chi connectivity index (χ0v) is 9.38. The summed E-state index contributed by atoms with van der Waals surface area (Å²) in [4.78, 5) is 0. The van der Waals surface area contributed by atoms with E-state index in [9.17, 15) is 5.11 Å². The Kier molecular flexibility index (Phi) is 2.61. The quantitative estimate of drug-likeness (QED) is 0.738. The van der Waals surface area contributed by atoms with Crippen molar-refractivity contribution in [3.05, 3.63) is 0 Å². The maximum absolute atomic E-state index is 10.2. The summed E-state index contributed by atoms with van der Waals surface area (Å²) in [5.74, 6) is 0.446. The topological polar surface area (TPSA) is 29.5 Å². The van der Waals surface area contributed by atoms with Crippen molar-refractivity contribution in [2.24, 2.45) is 5.92 Å². The fourth-order valence-electron chi connectivity index (χ4n) is 2.77. The minimum atomic E-state index is -0.480. The molecule has 0 aromatic carbocycles. The molecule has 2 nitrogen and oxygen atoms in total. The van der Waals surface area contributed by atoms with Gasteiger partial charge < -0.3 is 9.84 Å². The first kappa shape index (κ1) is 10.4. The molecule has 1 aliphatic carbocycles. The smallest absolute Gasteiger partial charge is 0.0686 e. The van der Waals surface area contributed by atoms with E-state index >= 15 is 0 Å². The van der Waals surface area contributed by atoms with E-state index in [1.807, 2.05) is 6.92 Å². The Morgan fingerprint density at radius 3 is 2.71 bits per heavy atom. The van der Waals surface area contributed by atoms with E-state index in [1.165, 1.54) is 19.3 Å². The number of ether oxygens (including phenoxy) is 1. The Labute approximate surface area is 86.6 Å². The molecule has 0 radical (unpaired) electrons. The molecule has 1 aliphatic heterocycles. The molecule has 0 aromatic rings. The lowest BCUT2D eigenvalue weighted by Crippen LogP contribution is -2.50. The fourth-order valence-corrected chi connectivity index (χ4v) is 2.77. The lowest BCUT2D eigenvalue weighted by atomic mass is 9.68. The first-order valence-corrected chi connectivity index (χ1v) is 5.94. The summed E-state index contributed by atoms with van der Waals surface area (Å²) in [6.07, 6.45) is 6.69. The second kappa shape index (κ2) is 3.49. The van der Waals surface area contributed by atoms with Crippen LogP contribution in [0.2, 0.25) is 0 Å². The first-order valence-electron chi connectivity index (χ1n) is 5.94. The zero-order valence-electron chi connectivity index (χ0n) is 9.38. The van der Waals surface area contributed by atoms with E-state index in [0.717, 1.165) is 25.9 Å². The maximum Gasteiger partial charge on any atom is 0.0686 e. The Bertz CT molecular complexity index is 206. The van der Waals surface area contributed by atoms with Crippen molar-refractivity contribution in [1.82, 2.24) is 0 Å². The Morgan fingerprint density at radius 1 is 1.50 bits per heavy atom. The van der Waals surface area contributed by atoms with Gasteiger partial charge in [-0.2, -0.15) is 0 Å². The molecular weight excluding hydrogens is 176 g/mol. The molecule has 1 saturated carbocycles. The van der Waals surface area contributed by atoms with Crippen LogP contribution in [0.25, 0.3) is 0 Å². The minimum Gasteiger partial charge on any atom is -0.390 e. The summed E-state index contributed by atoms with van der Waals surface area (Å²) >= 11 is 0. The van der Waals surface area contributed by atoms with E-state index in [0.29, 0.717) is 5.92 Å². The highest BCUT2D eigenvalue weighted by molar-refractivity contribution is 4.97. The van der Waals surface area contributed by atoms with Crippen molar-refractivity contribution < 1.29 is 9.84 Å². The van der Waals surface area contributed by atoms with Crippen LogP contribution in [0.5, 0.6) is 0 Å². The SMILES string of the molecule is CCC(C)(O)C1CCOC2(CCC2)C1. The van der Waals surface area contributed by atoms with Gasteiger partial charge in [-0.15, -0.1) is 0 Å². The molecule has 1 saturated heterocycles. The van der Waals surface area contributed by atoms with Crippen molar-refractivity contribution in [2.75, 3.05) is 6.61 Å². The predicted octanol–water partition coefficient (Wildman–Crippen LogP) is 2.50. The van der Waals surface area contributed by atoms with Crippen LogP contribution in [-0.4, -0.2) is 22.9 Å². The van der Waals surface area contributed by atoms with Gasteiger partial charge in [-0.1, -0.05) is 6.92 Å². The molecule has 1 spiro atoms. The van der Waals surface area contributed by atoms with Crippen LogP contribution < -0.4 is 0 Å². The molecule has 2 rings (SSSR count). The molecule has 2 unspecified atom stereocenters. The van der Waals surface area contributed by atoms with E-state index in [-0.39, 0.29) is 5.60 Å². The van der Waals surface area contributed by atoms with Gasteiger partial charge in [-0.3, -0.25) is 0 Å². The number of rotatable bonds is 2. The molecule has 2 aliphatic rings. The fraction of sp³-hybridized carbons (Fsp3) is 1.00. The standard InChI is InChI=1S/C12H22O2/c1-3-11(2,13)10-5-8-14-12(9-10)6-4-7-12/h10,13H,3-9H2,1-2H3. The lowest BCUT2D eigenvalue weighted by molar-refractivity contribution is -0.172. The predicted molar refractivity (Wildman–Crippen MR) is 56.2 cm³/mol. The van der Waals surface area contributed by atoms with Gasteiger partial charge in [0.2, 0.25) is 0 Å².